The molecule has 0 spiro atoms. The van der Waals surface area contributed by atoms with E-state index in [1.165, 1.54) is 0 Å². The molecule has 1 N–H and O–H groups in total. The minimum absolute atomic E-state index is 0.135. The summed E-state index contributed by atoms with van der Waals surface area (Å²) in [6, 6.07) is 6.09. The summed E-state index contributed by atoms with van der Waals surface area (Å²) in [5.74, 6) is 0.978. The maximum Gasteiger partial charge on any atom is 0.234 e. The van der Waals surface area contributed by atoms with Crippen molar-refractivity contribution in [3.8, 4) is 6.07 Å². The lowest BCUT2D eigenvalue weighted by atomic mass is 10.2. The van der Waals surface area contributed by atoms with Crippen molar-refractivity contribution in [2.24, 2.45) is 0 Å². The topological polar surface area (TPSA) is 72.3 Å². The number of hydrogen-bond acceptors (Lipinski definition) is 5. The van der Waals surface area contributed by atoms with Crippen LogP contribution in [0.4, 0.5) is 5.82 Å². The van der Waals surface area contributed by atoms with Gasteiger partial charge in [-0.3, -0.25) is 9.69 Å². The van der Waals surface area contributed by atoms with Crippen molar-refractivity contribution in [1.29, 1.82) is 5.26 Å². The van der Waals surface area contributed by atoms with E-state index in [4.69, 9.17) is 5.26 Å². The number of carbonyl (C=O) groups is 1. The van der Waals surface area contributed by atoms with E-state index in [1.54, 1.807) is 12.3 Å². The quantitative estimate of drug-likeness (QED) is 0.864. The molecule has 2 aliphatic rings. The van der Waals surface area contributed by atoms with E-state index < -0.39 is 0 Å². The fourth-order valence-electron chi connectivity index (χ4n) is 2.50. The molecule has 3 rings (SSSR count). The molecular weight excluding hydrogens is 266 g/mol. The molecule has 2 heterocycles. The molecule has 110 valence electrons. The first kappa shape index (κ1) is 13.8. The van der Waals surface area contributed by atoms with Gasteiger partial charge in [-0.2, -0.15) is 5.26 Å². The van der Waals surface area contributed by atoms with Crippen LogP contribution in [0, 0.1) is 11.3 Å². The number of rotatable bonds is 4. The van der Waals surface area contributed by atoms with Gasteiger partial charge in [0, 0.05) is 38.4 Å². The van der Waals surface area contributed by atoms with Gasteiger partial charge in [-0.25, -0.2) is 4.98 Å². The highest BCUT2D eigenvalue weighted by molar-refractivity contribution is 5.78. The number of nitrogens with zero attached hydrogens (tertiary/aromatic N) is 4. The molecule has 1 amide bonds. The maximum atomic E-state index is 11.8. The zero-order valence-electron chi connectivity index (χ0n) is 12.0. The zero-order chi connectivity index (χ0) is 14.7. The number of pyridine rings is 1. The molecule has 1 aromatic rings. The summed E-state index contributed by atoms with van der Waals surface area (Å²) in [6.45, 7) is 3.83. The molecule has 2 fully saturated rings. The Hall–Kier alpha value is -2.13. The first-order valence-corrected chi connectivity index (χ1v) is 7.37. The van der Waals surface area contributed by atoms with Gasteiger partial charge in [-0.15, -0.1) is 0 Å². The normalized spacial score (nSPS) is 19.1. The highest BCUT2D eigenvalue weighted by Gasteiger charge is 2.25. The number of piperazine rings is 1. The van der Waals surface area contributed by atoms with Crippen LogP contribution in [0.25, 0.3) is 0 Å². The summed E-state index contributed by atoms with van der Waals surface area (Å²) >= 11 is 0. The third-order valence-electron chi connectivity index (χ3n) is 3.88. The fourth-order valence-corrected chi connectivity index (χ4v) is 2.50. The van der Waals surface area contributed by atoms with Crippen LogP contribution in [0.15, 0.2) is 18.3 Å². The van der Waals surface area contributed by atoms with E-state index in [2.05, 4.69) is 26.2 Å². The third kappa shape index (κ3) is 3.70. The number of nitrogens with one attached hydrogen (secondary N) is 1. The van der Waals surface area contributed by atoms with Crippen molar-refractivity contribution in [3.05, 3.63) is 23.9 Å². The van der Waals surface area contributed by atoms with Gasteiger partial charge < -0.3 is 10.2 Å². The van der Waals surface area contributed by atoms with Crippen LogP contribution >= 0.6 is 0 Å². The molecule has 0 aromatic carbocycles. The molecule has 1 aliphatic heterocycles. The lowest BCUT2D eigenvalue weighted by Gasteiger charge is -2.35. The second-order valence-electron chi connectivity index (χ2n) is 5.62. The summed E-state index contributed by atoms with van der Waals surface area (Å²) in [6.07, 6.45) is 3.92. The van der Waals surface area contributed by atoms with E-state index in [0.29, 0.717) is 18.2 Å². The molecule has 0 radical (unpaired) electrons. The Morgan fingerprint density at radius 3 is 2.81 bits per heavy atom. The third-order valence-corrected chi connectivity index (χ3v) is 3.88. The molecule has 1 saturated carbocycles. The minimum Gasteiger partial charge on any atom is -0.354 e. The summed E-state index contributed by atoms with van der Waals surface area (Å²) in [5, 5.41) is 11.9. The van der Waals surface area contributed by atoms with E-state index in [1.807, 2.05) is 6.07 Å². The van der Waals surface area contributed by atoms with Gasteiger partial charge in [-0.05, 0) is 25.0 Å². The van der Waals surface area contributed by atoms with Gasteiger partial charge in [0.05, 0.1) is 18.2 Å². The second-order valence-corrected chi connectivity index (χ2v) is 5.62. The summed E-state index contributed by atoms with van der Waals surface area (Å²) in [4.78, 5) is 20.4. The van der Waals surface area contributed by atoms with Crippen LogP contribution in [0.2, 0.25) is 0 Å². The lowest BCUT2D eigenvalue weighted by molar-refractivity contribution is -0.122. The summed E-state index contributed by atoms with van der Waals surface area (Å²) in [7, 11) is 0. The minimum atomic E-state index is 0.135. The van der Waals surface area contributed by atoms with E-state index >= 15 is 0 Å². The average molecular weight is 285 g/mol. The zero-order valence-corrected chi connectivity index (χ0v) is 12.0. The van der Waals surface area contributed by atoms with E-state index in [9.17, 15) is 4.79 Å². The summed E-state index contributed by atoms with van der Waals surface area (Å²) in [5.41, 5.74) is 0.631. The molecule has 0 atom stereocenters. The van der Waals surface area contributed by atoms with Gasteiger partial charge in [0.1, 0.15) is 5.82 Å². The first-order chi connectivity index (χ1) is 10.2. The van der Waals surface area contributed by atoms with Crippen molar-refractivity contribution in [2.45, 2.75) is 18.9 Å². The largest absolute Gasteiger partial charge is 0.354 e. The predicted molar refractivity (Wildman–Crippen MR) is 78.8 cm³/mol. The Labute approximate surface area is 124 Å². The van der Waals surface area contributed by atoms with Crippen LogP contribution in [-0.2, 0) is 4.79 Å². The van der Waals surface area contributed by atoms with Gasteiger partial charge in [-0.1, -0.05) is 0 Å². The monoisotopic (exact) mass is 285 g/mol. The molecule has 6 nitrogen and oxygen atoms in total. The van der Waals surface area contributed by atoms with Crippen molar-refractivity contribution in [1.82, 2.24) is 15.2 Å². The van der Waals surface area contributed by atoms with Gasteiger partial charge in [0.15, 0.2) is 0 Å². The van der Waals surface area contributed by atoms with Crippen LogP contribution in [-0.4, -0.2) is 54.6 Å². The van der Waals surface area contributed by atoms with Gasteiger partial charge in [0.2, 0.25) is 5.91 Å². The van der Waals surface area contributed by atoms with Crippen molar-refractivity contribution in [3.63, 3.8) is 0 Å². The van der Waals surface area contributed by atoms with Gasteiger partial charge >= 0.3 is 0 Å². The molecule has 1 saturated heterocycles. The number of amides is 1. The standard InChI is InChI=1S/C15H19N5O/c16-10-12-3-4-17-14(9-12)20-7-5-19(6-8-20)11-15(21)18-13-1-2-13/h3-4,9,13H,1-2,5-8,11H2,(H,18,21). The van der Waals surface area contributed by atoms with E-state index in [0.717, 1.165) is 44.8 Å². The Balaban J connectivity index is 1.50. The van der Waals surface area contributed by atoms with Crippen molar-refractivity contribution < 1.29 is 4.79 Å². The summed E-state index contributed by atoms with van der Waals surface area (Å²) < 4.78 is 0. The van der Waals surface area contributed by atoms with Crippen LogP contribution in [0.5, 0.6) is 0 Å². The number of anilines is 1. The van der Waals surface area contributed by atoms with Crippen molar-refractivity contribution >= 4 is 11.7 Å². The first-order valence-electron chi connectivity index (χ1n) is 7.37. The molecule has 1 aliphatic carbocycles. The lowest BCUT2D eigenvalue weighted by Crippen LogP contribution is -2.50. The Kier molecular flexibility index (Phi) is 4.02. The molecule has 1 aromatic heterocycles. The van der Waals surface area contributed by atoms with E-state index in [-0.39, 0.29) is 5.91 Å². The Morgan fingerprint density at radius 1 is 1.38 bits per heavy atom. The second kappa shape index (κ2) is 6.10. The SMILES string of the molecule is N#Cc1ccnc(N2CCN(CC(=O)NC3CC3)CC2)c1. The molecule has 6 heteroatoms. The van der Waals surface area contributed by atoms with Crippen LogP contribution < -0.4 is 10.2 Å². The molecule has 0 unspecified atom stereocenters. The number of carbonyl (C=O) groups excluding carboxylic acids is 1. The Bertz CT molecular complexity index is 555. The molecule has 21 heavy (non-hydrogen) atoms. The van der Waals surface area contributed by atoms with Crippen LogP contribution in [0.3, 0.4) is 0 Å². The maximum absolute atomic E-state index is 11.8. The number of aromatic nitrogens is 1. The number of nitriles is 1. The van der Waals surface area contributed by atoms with Crippen LogP contribution in [0.1, 0.15) is 18.4 Å². The molecule has 0 bridgehead atoms. The highest BCUT2D eigenvalue weighted by Crippen LogP contribution is 2.18. The predicted octanol–water partition coefficient (Wildman–Crippen LogP) is 0.354. The molecular formula is C15H19N5O. The highest BCUT2D eigenvalue weighted by atomic mass is 16.2. The smallest absolute Gasteiger partial charge is 0.234 e. The number of hydrogen-bond donors (Lipinski definition) is 1. The Morgan fingerprint density at radius 2 is 2.14 bits per heavy atom. The van der Waals surface area contributed by atoms with Crippen molar-refractivity contribution in [2.75, 3.05) is 37.6 Å². The fraction of sp³-hybridized carbons (Fsp3) is 0.533. The van der Waals surface area contributed by atoms with Gasteiger partial charge in [0.25, 0.3) is 0 Å². The average Bonchev–Trinajstić information content (AvgIpc) is 3.32.